The molecule has 2 rings (SSSR count). The van der Waals surface area contributed by atoms with E-state index in [-0.39, 0.29) is 30.3 Å². The van der Waals surface area contributed by atoms with E-state index in [9.17, 15) is 18.0 Å². The molecule has 1 amide bonds. The predicted molar refractivity (Wildman–Crippen MR) is 104 cm³/mol. The molecule has 1 aromatic rings. The molecule has 0 bridgehead atoms. The number of pyridine rings is 1. The van der Waals surface area contributed by atoms with Gasteiger partial charge in [0.15, 0.2) is 12.6 Å². The monoisotopic (exact) mass is 415 g/mol. The van der Waals surface area contributed by atoms with Gasteiger partial charge in [-0.3, -0.25) is 4.79 Å². The zero-order chi connectivity index (χ0) is 21.4. The van der Waals surface area contributed by atoms with Crippen LogP contribution in [0.25, 0.3) is 0 Å². The molecule has 29 heavy (non-hydrogen) atoms. The number of likely N-dealkylation sites (tertiary alicyclic amines) is 1. The molecule has 1 aliphatic rings. The lowest BCUT2D eigenvalue weighted by Gasteiger charge is -2.20. The first-order valence-corrected chi connectivity index (χ1v) is 9.66. The molecule has 0 aromatic carbocycles. The summed E-state index contributed by atoms with van der Waals surface area (Å²) in [5.74, 6) is 0.605. The molecule has 0 spiro atoms. The first-order valence-electron chi connectivity index (χ1n) is 9.66. The molecule has 1 atom stereocenters. The third-order valence-corrected chi connectivity index (χ3v) is 4.28. The second-order valence-electron chi connectivity index (χ2n) is 7.17. The van der Waals surface area contributed by atoms with Gasteiger partial charge in [-0.15, -0.1) is 0 Å². The Labute approximate surface area is 168 Å². The standard InChI is InChI=1S/C19H28F3N5O2/c1-4-23-18(26-15-6-8-27(11-15)17(28)13(2)3)25-10-14-5-7-24-16(9-14)29-12-19(20,21)22/h5,7,9,13,15H,4,6,8,10-12H2,1-3H3,(H2,23,25,26). The Kier molecular flexibility index (Phi) is 8.10. The van der Waals surface area contributed by atoms with Crippen LogP contribution in [-0.2, 0) is 11.3 Å². The van der Waals surface area contributed by atoms with Gasteiger partial charge in [0.1, 0.15) is 0 Å². The number of hydrogen-bond donors (Lipinski definition) is 2. The average molecular weight is 415 g/mol. The zero-order valence-electron chi connectivity index (χ0n) is 16.9. The summed E-state index contributed by atoms with van der Waals surface area (Å²) in [5.41, 5.74) is 0.678. The maximum absolute atomic E-state index is 12.3. The van der Waals surface area contributed by atoms with Gasteiger partial charge in [0.05, 0.1) is 6.54 Å². The fraction of sp³-hybridized carbons (Fsp3) is 0.632. The molecule has 1 fully saturated rings. The van der Waals surface area contributed by atoms with Crippen molar-refractivity contribution < 1.29 is 22.7 Å². The van der Waals surface area contributed by atoms with Crippen LogP contribution in [0.15, 0.2) is 23.3 Å². The highest BCUT2D eigenvalue weighted by molar-refractivity contribution is 5.81. The summed E-state index contributed by atoms with van der Waals surface area (Å²) in [4.78, 5) is 22.2. The maximum Gasteiger partial charge on any atom is 0.422 e. The van der Waals surface area contributed by atoms with Crippen molar-refractivity contribution in [2.24, 2.45) is 10.9 Å². The van der Waals surface area contributed by atoms with Gasteiger partial charge in [-0.25, -0.2) is 9.98 Å². The number of ether oxygens (including phenoxy) is 1. The van der Waals surface area contributed by atoms with Crippen molar-refractivity contribution >= 4 is 11.9 Å². The minimum atomic E-state index is -4.41. The first-order chi connectivity index (χ1) is 13.7. The Bertz CT molecular complexity index is 709. The van der Waals surface area contributed by atoms with Crippen molar-refractivity contribution in [3.63, 3.8) is 0 Å². The Morgan fingerprint density at radius 3 is 2.86 bits per heavy atom. The average Bonchev–Trinajstić information content (AvgIpc) is 3.12. The summed E-state index contributed by atoms with van der Waals surface area (Å²) in [6.07, 6.45) is -2.19. The first kappa shape index (κ1) is 22.8. The number of hydrogen-bond acceptors (Lipinski definition) is 4. The summed E-state index contributed by atoms with van der Waals surface area (Å²) in [6, 6.07) is 3.21. The number of nitrogens with zero attached hydrogens (tertiary/aromatic N) is 3. The van der Waals surface area contributed by atoms with E-state index >= 15 is 0 Å². The van der Waals surface area contributed by atoms with Gasteiger partial charge >= 0.3 is 6.18 Å². The minimum Gasteiger partial charge on any atom is -0.468 e. The third kappa shape index (κ3) is 7.78. The van der Waals surface area contributed by atoms with Gasteiger partial charge in [-0.05, 0) is 25.0 Å². The van der Waals surface area contributed by atoms with Crippen molar-refractivity contribution in [3.05, 3.63) is 23.9 Å². The van der Waals surface area contributed by atoms with Crippen LogP contribution in [-0.4, -0.2) is 60.2 Å². The topological polar surface area (TPSA) is 78.9 Å². The fourth-order valence-corrected chi connectivity index (χ4v) is 2.91. The molecule has 162 valence electrons. The Hall–Kier alpha value is -2.52. The Balaban J connectivity index is 1.95. The van der Waals surface area contributed by atoms with Crippen LogP contribution in [0, 0.1) is 5.92 Å². The van der Waals surface area contributed by atoms with Gasteiger partial charge < -0.3 is 20.3 Å². The molecular weight excluding hydrogens is 387 g/mol. The molecule has 1 unspecified atom stereocenters. The van der Waals surface area contributed by atoms with E-state index in [1.54, 1.807) is 6.07 Å². The van der Waals surface area contributed by atoms with Crippen LogP contribution < -0.4 is 15.4 Å². The molecule has 7 nitrogen and oxygen atoms in total. The number of alkyl halides is 3. The number of carbonyl (C=O) groups excluding carboxylic acids is 1. The van der Waals surface area contributed by atoms with Gasteiger partial charge in [-0.2, -0.15) is 13.2 Å². The zero-order valence-corrected chi connectivity index (χ0v) is 16.9. The number of carbonyl (C=O) groups is 1. The van der Waals surface area contributed by atoms with Crippen molar-refractivity contribution in [1.29, 1.82) is 0 Å². The quantitative estimate of drug-likeness (QED) is 0.528. The van der Waals surface area contributed by atoms with Crippen molar-refractivity contribution in [1.82, 2.24) is 20.5 Å². The van der Waals surface area contributed by atoms with E-state index in [1.165, 1.54) is 12.3 Å². The lowest BCUT2D eigenvalue weighted by molar-refractivity contribution is -0.154. The molecule has 0 aliphatic carbocycles. The van der Waals surface area contributed by atoms with E-state index < -0.39 is 12.8 Å². The molecule has 1 aliphatic heterocycles. The van der Waals surface area contributed by atoms with Gasteiger partial charge in [-0.1, -0.05) is 13.8 Å². The van der Waals surface area contributed by atoms with Gasteiger partial charge in [0.2, 0.25) is 11.8 Å². The fourth-order valence-electron chi connectivity index (χ4n) is 2.91. The number of halogens is 3. The Morgan fingerprint density at radius 1 is 1.45 bits per heavy atom. The van der Waals surface area contributed by atoms with Gasteiger partial charge in [0.25, 0.3) is 0 Å². The largest absolute Gasteiger partial charge is 0.468 e. The number of nitrogens with one attached hydrogen (secondary N) is 2. The molecule has 2 heterocycles. The predicted octanol–water partition coefficient (Wildman–Crippen LogP) is 2.33. The molecule has 1 saturated heterocycles. The van der Waals surface area contributed by atoms with Crippen LogP contribution in [0.4, 0.5) is 13.2 Å². The SMILES string of the molecule is CCNC(=NCc1ccnc(OCC(F)(F)F)c1)NC1CCN(C(=O)C(C)C)C1. The molecule has 2 N–H and O–H groups in total. The summed E-state index contributed by atoms with van der Waals surface area (Å²) >= 11 is 0. The lowest BCUT2D eigenvalue weighted by atomic mass is 10.2. The molecule has 10 heteroatoms. The number of aromatic nitrogens is 1. The number of rotatable bonds is 7. The van der Waals surface area contributed by atoms with E-state index in [0.717, 1.165) is 6.42 Å². The van der Waals surface area contributed by atoms with Crippen LogP contribution in [0.1, 0.15) is 32.8 Å². The molecule has 0 radical (unpaired) electrons. The van der Waals surface area contributed by atoms with Crippen LogP contribution in [0.5, 0.6) is 5.88 Å². The highest BCUT2D eigenvalue weighted by Crippen LogP contribution is 2.18. The second kappa shape index (κ2) is 10.3. The summed E-state index contributed by atoms with van der Waals surface area (Å²) in [7, 11) is 0. The second-order valence-corrected chi connectivity index (χ2v) is 7.17. The Morgan fingerprint density at radius 2 is 2.21 bits per heavy atom. The molecule has 0 saturated carbocycles. The normalized spacial score (nSPS) is 17.6. The van der Waals surface area contributed by atoms with Crippen molar-refractivity contribution in [2.75, 3.05) is 26.2 Å². The summed E-state index contributed by atoms with van der Waals surface area (Å²) in [6.45, 7) is 6.56. The third-order valence-electron chi connectivity index (χ3n) is 4.28. The molecule has 1 aromatic heterocycles. The minimum absolute atomic E-state index is 0.0314. The highest BCUT2D eigenvalue weighted by Gasteiger charge is 2.29. The van der Waals surface area contributed by atoms with E-state index in [4.69, 9.17) is 0 Å². The van der Waals surface area contributed by atoms with Crippen molar-refractivity contribution in [3.8, 4) is 5.88 Å². The highest BCUT2D eigenvalue weighted by atomic mass is 19.4. The number of aliphatic imine (C=N–C) groups is 1. The van der Waals surface area contributed by atoms with E-state index in [1.807, 2.05) is 25.7 Å². The van der Waals surface area contributed by atoms with Crippen molar-refractivity contribution in [2.45, 2.75) is 46.0 Å². The smallest absolute Gasteiger partial charge is 0.422 e. The summed E-state index contributed by atoms with van der Waals surface area (Å²) < 4.78 is 41.5. The van der Waals surface area contributed by atoms with E-state index in [2.05, 4.69) is 25.3 Å². The maximum atomic E-state index is 12.3. The van der Waals surface area contributed by atoms with E-state index in [0.29, 0.717) is 31.2 Å². The van der Waals surface area contributed by atoms with Crippen LogP contribution in [0.2, 0.25) is 0 Å². The van der Waals surface area contributed by atoms with Crippen LogP contribution in [0.3, 0.4) is 0 Å². The van der Waals surface area contributed by atoms with Gasteiger partial charge in [0, 0.05) is 43.9 Å². The molecular formula is C19H28F3N5O2. The number of amides is 1. The lowest BCUT2D eigenvalue weighted by Crippen LogP contribution is -2.45. The number of guanidine groups is 1. The van der Waals surface area contributed by atoms with Crippen LogP contribution >= 0.6 is 0 Å². The summed E-state index contributed by atoms with van der Waals surface area (Å²) in [5, 5.41) is 6.47.